The number of fused-ring (bicyclic) bond motifs is 1. The second-order valence-electron chi connectivity index (χ2n) is 6.25. The van der Waals surface area contributed by atoms with E-state index in [-0.39, 0.29) is 18.1 Å². The molecule has 2 rings (SSSR count). The van der Waals surface area contributed by atoms with E-state index < -0.39 is 0 Å². The molecule has 1 heterocycles. The molecule has 2 aromatic rings. The lowest BCUT2D eigenvalue weighted by Crippen LogP contribution is -3.05. The van der Waals surface area contributed by atoms with Crippen molar-refractivity contribution in [2.24, 2.45) is 0 Å². The number of carbonyl (C=O) groups excluding carboxylic acids is 1. The van der Waals surface area contributed by atoms with Crippen molar-refractivity contribution < 1.29 is 18.8 Å². The Labute approximate surface area is 141 Å². The van der Waals surface area contributed by atoms with Crippen molar-refractivity contribution in [1.29, 1.82) is 0 Å². The number of aryl methyl sites for hydroxylation is 1. The normalized spacial score (nSPS) is 11.0. The van der Waals surface area contributed by atoms with Gasteiger partial charge in [-0.1, -0.05) is 0 Å². The van der Waals surface area contributed by atoms with Gasteiger partial charge in [0.05, 0.1) is 20.6 Å². The summed E-state index contributed by atoms with van der Waals surface area (Å²) < 4.78 is 10.8. The maximum Gasteiger partial charge on any atom is 0.339 e. The first-order chi connectivity index (χ1) is 11.4. The number of quaternary nitrogens is 1. The highest BCUT2D eigenvalue weighted by atomic mass is 16.5. The molecule has 0 fully saturated rings. The van der Waals surface area contributed by atoms with Crippen LogP contribution in [-0.4, -0.2) is 39.7 Å². The van der Waals surface area contributed by atoms with Crippen molar-refractivity contribution in [2.45, 2.75) is 20.3 Å². The van der Waals surface area contributed by atoms with Gasteiger partial charge >= 0.3 is 5.63 Å². The maximum atomic E-state index is 11.8. The van der Waals surface area contributed by atoms with Crippen molar-refractivity contribution in [3.8, 4) is 5.75 Å². The summed E-state index contributed by atoms with van der Waals surface area (Å²) in [6.07, 6.45) is 0.924. The number of carbonyl (C=O) groups is 1. The summed E-state index contributed by atoms with van der Waals surface area (Å²) in [7, 11) is 4.15. The van der Waals surface area contributed by atoms with Crippen molar-refractivity contribution in [2.75, 3.05) is 33.8 Å². The third-order valence-corrected chi connectivity index (χ3v) is 3.97. The number of hydrogen-bond donors (Lipinski definition) is 2. The van der Waals surface area contributed by atoms with E-state index in [1.807, 2.05) is 13.0 Å². The zero-order valence-corrected chi connectivity index (χ0v) is 14.7. The van der Waals surface area contributed by atoms with Gasteiger partial charge in [-0.25, -0.2) is 4.79 Å². The van der Waals surface area contributed by atoms with E-state index in [0.29, 0.717) is 23.4 Å². The minimum atomic E-state index is -0.349. The lowest BCUT2D eigenvalue weighted by molar-refractivity contribution is -0.858. The zero-order valence-electron chi connectivity index (χ0n) is 14.7. The molecule has 0 saturated carbocycles. The van der Waals surface area contributed by atoms with Crippen LogP contribution < -0.4 is 20.6 Å². The molecule has 1 aromatic carbocycles. The third-order valence-electron chi connectivity index (χ3n) is 3.97. The van der Waals surface area contributed by atoms with E-state index in [2.05, 4.69) is 19.4 Å². The summed E-state index contributed by atoms with van der Waals surface area (Å²) in [5.74, 6) is 0.340. The molecule has 0 aliphatic heterocycles. The maximum absolute atomic E-state index is 11.8. The molecular weight excluding hydrogens is 308 g/mol. The Morgan fingerprint density at radius 2 is 2.00 bits per heavy atom. The summed E-state index contributed by atoms with van der Waals surface area (Å²) in [5.41, 5.74) is 1.62. The summed E-state index contributed by atoms with van der Waals surface area (Å²) in [4.78, 5) is 24.9. The quantitative estimate of drug-likeness (QED) is 0.570. The van der Waals surface area contributed by atoms with E-state index in [0.717, 1.165) is 23.9 Å². The SMILES string of the molecule is Cc1c(C)c2ccc(OCC(=O)NCCC[NH+](C)C)cc2oc1=O. The van der Waals surface area contributed by atoms with E-state index in [4.69, 9.17) is 9.15 Å². The Hall–Kier alpha value is -2.34. The van der Waals surface area contributed by atoms with Crippen LogP contribution in [0.15, 0.2) is 27.4 Å². The molecule has 0 spiro atoms. The van der Waals surface area contributed by atoms with Crippen LogP contribution in [0.2, 0.25) is 0 Å². The predicted molar refractivity (Wildman–Crippen MR) is 92.8 cm³/mol. The number of amides is 1. The highest BCUT2D eigenvalue weighted by molar-refractivity contribution is 5.82. The van der Waals surface area contributed by atoms with Gasteiger partial charge in [0, 0.05) is 30.0 Å². The molecule has 2 N–H and O–H groups in total. The van der Waals surface area contributed by atoms with E-state index in [9.17, 15) is 9.59 Å². The number of nitrogens with one attached hydrogen (secondary N) is 2. The smallest absolute Gasteiger partial charge is 0.339 e. The van der Waals surface area contributed by atoms with Crippen molar-refractivity contribution in [3.05, 3.63) is 39.7 Å². The average molecular weight is 333 g/mol. The molecule has 130 valence electrons. The van der Waals surface area contributed by atoms with Crippen molar-refractivity contribution in [3.63, 3.8) is 0 Å². The minimum absolute atomic E-state index is 0.0601. The highest BCUT2D eigenvalue weighted by Gasteiger charge is 2.09. The van der Waals surface area contributed by atoms with Gasteiger partial charge in [0.1, 0.15) is 11.3 Å². The van der Waals surface area contributed by atoms with Crippen LogP contribution in [0.5, 0.6) is 5.75 Å². The van der Waals surface area contributed by atoms with Gasteiger partial charge < -0.3 is 19.4 Å². The molecule has 24 heavy (non-hydrogen) atoms. The first-order valence-corrected chi connectivity index (χ1v) is 8.11. The fourth-order valence-electron chi connectivity index (χ4n) is 2.39. The molecule has 0 aliphatic rings. The van der Waals surface area contributed by atoms with Crippen LogP contribution in [0.4, 0.5) is 0 Å². The monoisotopic (exact) mass is 333 g/mol. The van der Waals surface area contributed by atoms with E-state index >= 15 is 0 Å². The molecule has 0 atom stereocenters. The van der Waals surface area contributed by atoms with E-state index in [1.165, 1.54) is 4.90 Å². The van der Waals surface area contributed by atoms with Gasteiger partial charge in [0.15, 0.2) is 6.61 Å². The molecule has 0 radical (unpaired) electrons. The number of hydrogen-bond acceptors (Lipinski definition) is 4. The van der Waals surface area contributed by atoms with Gasteiger partial charge in [0.25, 0.3) is 5.91 Å². The molecule has 6 heteroatoms. The van der Waals surface area contributed by atoms with Crippen LogP contribution >= 0.6 is 0 Å². The van der Waals surface area contributed by atoms with Crippen LogP contribution in [-0.2, 0) is 4.79 Å². The van der Waals surface area contributed by atoms with E-state index in [1.54, 1.807) is 19.1 Å². The van der Waals surface area contributed by atoms with Crippen LogP contribution in [0.25, 0.3) is 11.0 Å². The molecule has 0 unspecified atom stereocenters. The first kappa shape index (κ1) is 18.0. The lowest BCUT2D eigenvalue weighted by Gasteiger charge is -2.10. The van der Waals surface area contributed by atoms with Crippen LogP contribution in [0, 0.1) is 13.8 Å². The van der Waals surface area contributed by atoms with Gasteiger partial charge in [-0.2, -0.15) is 0 Å². The van der Waals surface area contributed by atoms with Crippen molar-refractivity contribution >= 4 is 16.9 Å². The van der Waals surface area contributed by atoms with Gasteiger partial charge in [-0.15, -0.1) is 0 Å². The first-order valence-electron chi connectivity index (χ1n) is 8.11. The van der Waals surface area contributed by atoms with Crippen molar-refractivity contribution in [1.82, 2.24) is 5.32 Å². The van der Waals surface area contributed by atoms with Gasteiger partial charge in [0.2, 0.25) is 0 Å². The molecular formula is C18H25N2O4+. The Bertz CT molecular complexity index is 780. The molecule has 1 amide bonds. The van der Waals surface area contributed by atoms with Crippen LogP contribution in [0.1, 0.15) is 17.5 Å². The molecule has 0 aliphatic carbocycles. The highest BCUT2D eigenvalue weighted by Crippen LogP contribution is 2.23. The molecule has 0 saturated heterocycles. The Kier molecular flexibility index (Phi) is 5.98. The molecule has 6 nitrogen and oxygen atoms in total. The second kappa shape index (κ2) is 7.97. The van der Waals surface area contributed by atoms with Gasteiger partial charge in [-0.3, -0.25) is 4.79 Å². The summed E-state index contributed by atoms with van der Waals surface area (Å²) in [6, 6.07) is 5.26. The molecule has 0 bridgehead atoms. The summed E-state index contributed by atoms with van der Waals surface area (Å²) >= 11 is 0. The Morgan fingerprint density at radius 3 is 2.71 bits per heavy atom. The number of benzene rings is 1. The minimum Gasteiger partial charge on any atom is -0.484 e. The number of rotatable bonds is 7. The molecule has 1 aromatic heterocycles. The lowest BCUT2D eigenvalue weighted by atomic mass is 10.1. The number of ether oxygens (including phenoxy) is 1. The summed E-state index contributed by atoms with van der Waals surface area (Å²) in [5, 5.41) is 3.69. The fourth-order valence-corrected chi connectivity index (χ4v) is 2.39. The van der Waals surface area contributed by atoms with Crippen LogP contribution in [0.3, 0.4) is 0 Å². The fraction of sp³-hybridized carbons (Fsp3) is 0.444. The second-order valence-corrected chi connectivity index (χ2v) is 6.25. The predicted octanol–water partition coefficient (Wildman–Crippen LogP) is 0.439. The summed E-state index contributed by atoms with van der Waals surface area (Å²) in [6.45, 7) is 5.21. The van der Waals surface area contributed by atoms with Gasteiger partial charge in [-0.05, 0) is 31.5 Å². The Morgan fingerprint density at radius 1 is 1.25 bits per heavy atom. The topological polar surface area (TPSA) is 73.0 Å². The Balaban J connectivity index is 1.95. The zero-order chi connectivity index (χ0) is 17.7. The standard InChI is InChI=1S/C18H24N2O4/c1-12-13(2)18(22)24-16-10-14(6-7-15(12)16)23-11-17(21)19-8-5-9-20(3)4/h6-7,10H,5,8-9,11H2,1-4H3,(H,19,21)/p+1. The third kappa shape index (κ3) is 4.58. The largest absolute Gasteiger partial charge is 0.484 e. The average Bonchev–Trinajstić information content (AvgIpc) is 2.54.